The number of thiophene rings is 1. The summed E-state index contributed by atoms with van der Waals surface area (Å²) in [6.45, 7) is 5.40. The molecule has 1 aliphatic rings. The van der Waals surface area contributed by atoms with Crippen LogP contribution in [0.2, 0.25) is 0 Å². The van der Waals surface area contributed by atoms with Gasteiger partial charge in [-0.1, -0.05) is 0 Å². The molecule has 0 bridgehead atoms. The smallest absolute Gasteiger partial charge is 0.148 e. The maximum atomic E-state index is 14.7. The van der Waals surface area contributed by atoms with Crippen LogP contribution in [0.4, 0.5) is 21.6 Å². The first-order valence-corrected chi connectivity index (χ1v) is 9.13. The molecule has 0 amide bonds. The topological polar surface area (TPSA) is 50.3 Å². The average molecular weight is 358 g/mol. The number of morpholine rings is 1. The molecular weight excluding hydrogens is 339 g/mol. The molecule has 0 saturated carbocycles. The summed E-state index contributed by atoms with van der Waals surface area (Å²) in [5, 5.41) is 6.10. The largest absolute Gasteiger partial charge is 0.372 e. The molecule has 0 aliphatic carbocycles. The highest BCUT2D eigenvalue weighted by Gasteiger charge is 2.24. The van der Waals surface area contributed by atoms with Crippen LogP contribution in [0.15, 0.2) is 36.0 Å². The van der Waals surface area contributed by atoms with Crippen LogP contribution in [0.25, 0.3) is 10.2 Å². The fourth-order valence-electron chi connectivity index (χ4n) is 3.24. The second kappa shape index (κ2) is 6.57. The van der Waals surface area contributed by atoms with Crippen LogP contribution in [0.3, 0.4) is 0 Å². The molecule has 1 saturated heterocycles. The summed E-state index contributed by atoms with van der Waals surface area (Å²) in [6.07, 6.45) is 1.70. The van der Waals surface area contributed by atoms with Gasteiger partial charge in [-0.2, -0.15) is 0 Å². The van der Waals surface area contributed by atoms with Gasteiger partial charge in [0, 0.05) is 18.8 Å². The van der Waals surface area contributed by atoms with Gasteiger partial charge in [0.25, 0.3) is 0 Å². The fraction of sp³-hybridized carbons (Fsp3) is 0.333. The van der Waals surface area contributed by atoms with E-state index in [1.807, 2.05) is 42.3 Å². The molecule has 1 N–H and O–H groups in total. The van der Waals surface area contributed by atoms with Gasteiger partial charge in [0.15, 0.2) is 0 Å². The number of halogens is 1. The molecule has 4 rings (SSSR count). The van der Waals surface area contributed by atoms with Crippen LogP contribution in [0.5, 0.6) is 0 Å². The molecule has 1 aromatic carbocycles. The lowest BCUT2D eigenvalue weighted by Gasteiger charge is -2.37. The number of aromatic nitrogens is 2. The van der Waals surface area contributed by atoms with Crippen molar-refractivity contribution in [1.82, 2.24) is 9.97 Å². The van der Waals surface area contributed by atoms with Crippen molar-refractivity contribution in [2.75, 3.05) is 23.3 Å². The minimum Gasteiger partial charge on any atom is -0.372 e. The highest BCUT2D eigenvalue weighted by Crippen LogP contribution is 2.29. The van der Waals surface area contributed by atoms with Crippen molar-refractivity contribution >= 4 is 38.7 Å². The van der Waals surface area contributed by atoms with Crippen LogP contribution in [0, 0.1) is 5.82 Å². The van der Waals surface area contributed by atoms with E-state index in [2.05, 4.69) is 15.3 Å². The highest BCUT2D eigenvalue weighted by atomic mass is 32.1. The van der Waals surface area contributed by atoms with Gasteiger partial charge < -0.3 is 15.0 Å². The van der Waals surface area contributed by atoms with E-state index < -0.39 is 0 Å². The summed E-state index contributed by atoms with van der Waals surface area (Å²) in [4.78, 5) is 11.4. The minimum absolute atomic E-state index is 0.0915. The van der Waals surface area contributed by atoms with E-state index >= 15 is 0 Å². The van der Waals surface area contributed by atoms with Crippen molar-refractivity contribution in [2.45, 2.75) is 26.1 Å². The number of hydrogen-bond donors (Lipinski definition) is 1. The molecule has 0 radical (unpaired) electrons. The molecule has 1 fully saturated rings. The number of hydrogen-bond acceptors (Lipinski definition) is 6. The lowest BCUT2D eigenvalue weighted by Crippen LogP contribution is -2.45. The van der Waals surface area contributed by atoms with Gasteiger partial charge in [0.2, 0.25) is 0 Å². The monoisotopic (exact) mass is 358 g/mol. The molecule has 25 heavy (non-hydrogen) atoms. The van der Waals surface area contributed by atoms with E-state index in [4.69, 9.17) is 4.74 Å². The number of ether oxygens (including phenoxy) is 1. The van der Waals surface area contributed by atoms with E-state index in [1.54, 1.807) is 11.3 Å². The summed E-state index contributed by atoms with van der Waals surface area (Å²) < 4.78 is 20.4. The number of rotatable bonds is 3. The molecule has 5 nitrogen and oxygen atoms in total. The fourth-order valence-corrected chi connectivity index (χ4v) is 3.97. The normalized spacial score (nSPS) is 20.8. The van der Waals surface area contributed by atoms with Crippen LogP contribution in [-0.2, 0) is 4.74 Å². The van der Waals surface area contributed by atoms with Gasteiger partial charge in [-0.25, -0.2) is 14.4 Å². The molecule has 0 spiro atoms. The molecule has 130 valence electrons. The van der Waals surface area contributed by atoms with Gasteiger partial charge in [-0.3, -0.25) is 0 Å². The summed E-state index contributed by atoms with van der Waals surface area (Å²) in [6, 6.07) is 7.17. The van der Waals surface area contributed by atoms with Gasteiger partial charge in [-0.05, 0) is 43.5 Å². The highest BCUT2D eigenvalue weighted by molar-refractivity contribution is 7.16. The van der Waals surface area contributed by atoms with Crippen LogP contribution in [-0.4, -0.2) is 35.3 Å². The van der Waals surface area contributed by atoms with Crippen molar-refractivity contribution in [3.05, 3.63) is 41.8 Å². The Morgan fingerprint density at radius 1 is 1.20 bits per heavy atom. The number of nitrogens with one attached hydrogen (secondary N) is 1. The predicted octanol–water partition coefficient (Wildman–Crippen LogP) is 4.19. The Labute approximate surface area is 149 Å². The van der Waals surface area contributed by atoms with Crippen molar-refractivity contribution in [3.8, 4) is 0 Å². The van der Waals surface area contributed by atoms with Crippen LogP contribution < -0.4 is 10.2 Å². The molecule has 2 aromatic heterocycles. The van der Waals surface area contributed by atoms with Crippen LogP contribution in [0.1, 0.15) is 13.8 Å². The molecule has 7 heteroatoms. The summed E-state index contributed by atoms with van der Waals surface area (Å²) in [5.41, 5.74) is 1.28. The molecule has 1 aliphatic heterocycles. The first-order chi connectivity index (χ1) is 12.1. The maximum absolute atomic E-state index is 14.7. The summed E-state index contributed by atoms with van der Waals surface area (Å²) >= 11 is 1.55. The average Bonchev–Trinajstić information content (AvgIpc) is 3.04. The van der Waals surface area contributed by atoms with E-state index in [0.29, 0.717) is 30.3 Å². The Kier molecular flexibility index (Phi) is 4.27. The lowest BCUT2D eigenvalue weighted by molar-refractivity contribution is -0.00539. The van der Waals surface area contributed by atoms with Crippen molar-refractivity contribution < 1.29 is 9.13 Å². The molecule has 2 atom stereocenters. The molecule has 3 heterocycles. The van der Waals surface area contributed by atoms with Crippen molar-refractivity contribution in [3.63, 3.8) is 0 Å². The van der Waals surface area contributed by atoms with Crippen LogP contribution >= 0.6 is 11.3 Å². The molecular formula is C18H19FN4OS. The van der Waals surface area contributed by atoms with Gasteiger partial charge >= 0.3 is 0 Å². The summed E-state index contributed by atoms with van der Waals surface area (Å²) in [7, 11) is 0. The standard InChI is InChI=1S/C18H19FN4OS/c1-11-8-23(9-12(2)24-11)16-4-3-13(7-15(16)19)22-17-14-5-6-25-18(14)21-10-20-17/h3-7,10-12H,8-9H2,1-2H3,(H,20,21,22). The first-order valence-electron chi connectivity index (χ1n) is 8.25. The van der Waals surface area contributed by atoms with Gasteiger partial charge in [-0.15, -0.1) is 11.3 Å². The number of benzene rings is 1. The Morgan fingerprint density at radius 2 is 2.00 bits per heavy atom. The Bertz CT molecular complexity index is 890. The Hall–Kier alpha value is -2.25. The van der Waals surface area contributed by atoms with E-state index in [9.17, 15) is 4.39 Å². The second-order valence-corrected chi connectivity index (χ2v) is 7.21. The zero-order chi connectivity index (χ0) is 17.4. The Balaban J connectivity index is 1.58. The quantitative estimate of drug-likeness (QED) is 0.761. The van der Waals surface area contributed by atoms with Crippen molar-refractivity contribution in [2.24, 2.45) is 0 Å². The zero-order valence-corrected chi connectivity index (χ0v) is 14.9. The molecule has 3 aromatic rings. The maximum Gasteiger partial charge on any atom is 0.148 e. The van der Waals surface area contributed by atoms with Gasteiger partial charge in [0.1, 0.15) is 22.8 Å². The Morgan fingerprint density at radius 3 is 2.76 bits per heavy atom. The first kappa shape index (κ1) is 16.2. The van der Waals surface area contributed by atoms with Gasteiger partial charge in [0.05, 0.1) is 23.3 Å². The summed E-state index contributed by atoms with van der Waals surface area (Å²) in [5.74, 6) is 0.439. The van der Waals surface area contributed by atoms with E-state index in [0.717, 1.165) is 10.2 Å². The third-order valence-electron chi connectivity index (χ3n) is 4.23. The lowest BCUT2D eigenvalue weighted by atomic mass is 10.2. The molecule has 2 unspecified atom stereocenters. The minimum atomic E-state index is -0.248. The third kappa shape index (κ3) is 3.29. The predicted molar refractivity (Wildman–Crippen MR) is 99.3 cm³/mol. The number of nitrogens with zero attached hydrogens (tertiary/aromatic N) is 3. The second-order valence-electron chi connectivity index (χ2n) is 6.32. The zero-order valence-electron chi connectivity index (χ0n) is 14.1. The SMILES string of the molecule is CC1CN(c2ccc(Nc3ncnc4sccc34)cc2F)CC(C)O1. The number of anilines is 3. The number of fused-ring (bicyclic) bond motifs is 1. The van der Waals surface area contributed by atoms with E-state index in [1.165, 1.54) is 12.4 Å². The third-order valence-corrected chi connectivity index (χ3v) is 5.05. The van der Waals surface area contributed by atoms with Crippen molar-refractivity contribution in [1.29, 1.82) is 0 Å². The van der Waals surface area contributed by atoms with E-state index in [-0.39, 0.29) is 18.0 Å².